The molecule has 0 spiro atoms. The molecule has 11 heavy (non-hydrogen) atoms. The molecule has 0 aliphatic rings. The Morgan fingerprint density at radius 2 is 2.27 bits per heavy atom. The smallest absolute Gasteiger partial charge is 0.0413 e. The normalized spacial score (nSPS) is 10.1. The number of nitrogens with zero attached hydrogens (tertiary/aromatic N) is 1. The van der Waals surface area contributed by atoms with Crippen molar-refractivity contribution in [3.63, 3.8) is 0 Å². The minimum Gasteiger partial charge on any atom is -0.260 e. The van der Waals surface area contributed by atoms with Gasteiger partial charge in [0.05, 0.1) is 0 Å². The molecule has 0 aliphatic heterocycles. The number of hydrogen-bond donors (Lipinski definition) is 0. The van der Waals surface area contributed by atoms with Gasteiger partial charge in [-0.3, -0.25) is 4.98 Å². The lowest BCUT2D eigenvalue weighted by atomic mass is 10.1. The lowest BCUT2D eigenvalue weighted by molar-refractivity contribution is 0.897. The summed E-state index contributed by atoms with van der Waals surface area (Å²) in [4.78, 5) is 4.25. The third-order valence-corrected chi connectivity index (χ3v) is 2.11. The summed E-state index contributed by atoms with van der Waals surface area (Å²) < 4.78 is 1.08. The Morgan fingerprint density at radius 3 is 2.91 bits per heavy atom. The van der Waals surface area contributed by atoms with E-state index in [9.17, 15) is 0 Å². The van der Waals surface area contributed by atoms with E-state index in [1.807, 2.05) is 6.20 Å². The fourth-order valence-electron chi connectivity index (χ4n) is 1.07. The van der Waals surface area contributed by atoms with Crippen molar-refractivity contribution in [2.24, 2.45) is 0 Å². The predicted octanol–water partition coefficient (Wildman–Crippen LogP) is 3.11. The second-order valence-electron chi connectivity index (χ2n) is 2.65. The van der Waals surface area contributed by atoms with Gasteiger partial charge < -0.3 is 0 Å². The highest BCUT2D eigenvalue weighted by Gasteiger charge is 1.98. The van der Waals surface area contributed by atoms with Crippen LogP contribution in [0.25, 0.3) is 0 Å². The maximum absolute atomic E-state index is 4.25. The van der Waals surface area contributed by atoms with E-state index >= 15 is 0 Å². The van der Waals surface area contributed by atoms with Gasteiger partial charge in [0.2, 0.25) is 0 Å². The summed E-state index contributed by atoms with van der Waals surface area (Å²) >= 11 is 3.40. The Kier molecular flexibility index (Phi) is 3.06. The van der Waals surface area contributed by atoms with E-state index in [4.69, 9.17) is 0 Å². The van der Waals surface area contributed by atoms with Gasteiger partial charge in [0, 0.05) is 16.4 Å². The number of aromatic nitrogens is 1. The average molecular weight is 214 g/mol. The Labute approximate surface area is 76.0 Å². The minimum atomic E-state index is 1.08. The molecular formula is C9H12BrN. The molecule has 0 atom stereocenters. The van der Waals surface area contributed by atoms with E-state index in [1.165, 1.54) is 12.0 Å². The van der Waals surface area contributed by atoms with E-state index in [-0.39, 0.29) is 0 Å². The van der Waals surface area contributed by atoms with Crippen LogP contribution in [0.15, 0.2) is 16.7 Å². The van der Waals surface area contributed by atoms with E-state index in [1.54, 1.807) is 0 Å². The van der Waals surface area contributed by atoms with Gasteiger partial charge in [-0.15, -0.1) is 0 Å². The number of rotatable bonds is 2. The monoisotopic (exact) mass is 213 g/mol. The number of pyridine rings is 1. The van der Waals surface area contributed by atoms with Crippen molar-refractivity contribution in [2.45, 2.75) is 26.7 Å². The Bertz CT molecular complexity index is 245. The molecule has 0 saturated heterocycles. The fraction of sp³-hybridized carbons (Fsp3) is 0.444. The molecule has 60 valence electrons. The molecule has 0 bridgehead atoms. The Morgan fingerprint density at radius 1 is 1.55 bits per heavy atom. The van der Waals surface area contributed by atoms with Crippen molar-refractivity contribution < 1.29 is 0 Å². The van der Waals surface area contributed by atoms with Crippen LogP contribution >= 0.6 is 15.9 Å². The minimum absolute atomic E-state index is 1.08. The highest BCUT2D eigenvalue weighted by atomic mass is 79.9. The third kappa shape index (κ3) is 2.29. The lowest BCUT2D eigenvalue weighted by Crippen LogP contribution is -1.91. The molecule has 2 heteroatoms. The summed E-state index contributed by atoms with van der Waals surface area (Å²) in [5.74, 6) is 0. The van der Waals surface area contributed by atoms with Gasteiger partial charge in [0.15, 0.2) is 0 Å². The number of halogens is 1. The summed E-state index contributed by atoms with van der Waals surface area (Å²) in [5.41, 5.74) is 2.50. The van der Waals surface area contributed by atoms with Gasteiger partial charge in [-0.25, -0.2) is 0 Å². The molecule has 0 saturated carbocycles. The van der Waals surface area contributed by atoms with Gasteiger partial charge in [-0.1, -0.05) is 13.3 Å². The molecule has 0 fully saturated rings. The zero-order valence-corrected chi connectivity index (χ0v) is 8.48. The molecule has 1 nitrogen and oxygen atoms in total. The second-order valence-corrected chi connectivity index (χ2v) is 3.56. The van der Waals surface area contributed by atoms with Crippen LogP contribution in [0, 0.1) is 6.92 Å². The highest BCUT2D eigenvalue weighted by molar-refractivity contribution is 9.10. The van der Waals surface area contributed by atoms with Crippen LogP contribution < -0.4 is 0 Å². The molecule has 0 unspecified atom stereocenters. The fourth-order valence-corrected chi connectivity index (χ4v) is 1.45. The summed E-state index contributed by atoms with van der Waals surface area (Å²) in [5, 5.41) is 0. The first-order valence-corrected chi connectivity index (χ1v) is 4.64. The first-order valence-electron chi connectivity index (χ1n) is 3.85. The van der Waals surface area contributed by atoms with Gasteiger partial charge >= 0.3 is 0 Å². The molecule has 1 aromatic heterocycles. The van der Waals surface area contributed by atoms with Crippen LogP contribution in [-0.2, 0) is 6.42 Å². The van der Waals surface area contributed by atoms with Crippen LogP contribution in [-0.4, -0.2) is 4.98 Å². The molecular weight excluding hydrogens is 202 g/mol. The predicted molar refractivity (Wildman–Crippen MR) is 50.7 cm³/mol. The molecule has 0 aromatic carbocycles. The van der Waals surface area contributed by atoms with E-state index in [0.717, 1.165) is 16.6 Å². The van der Waals surface area contributed by atoms with Crippen LogP contribution in [0.3, 0.4) is 0 Å². The van der Waals surface area contributed by atoms with Gasteiger partial charge in [-0.2, -0.15) is 0 Å². The van der Waals surface area contributed by atoms with E-state index in [0.29, 0.717) is 0 Å². The standard InChI is InChI=1S/C9H12BrN/c1-3-4-8-5-9(10)6-11-7(8)2/h5-6H,3-4H2,1-2H3. The molecule has 0 N–H and O–H groups in total. The summed E-state index contributed by atoms with van der Waals surface area (Å²) in [7, 11) is 0. The molecule has 1 aromatic rings. The van der Waals surface area contributed by atoms with Crippen LogP contribution in [0.4, 0.5) is 0 Å². The van der Waals surface area contributed by atoms with E-state index in [2.05, 4.69) is 40.8 Å². The van der Waals surface area contributed by atoms with Crippen molar-refractivity contribution in [1.29, 1.82) is 0 Å². The van der Waals surface area contributed by atoms with Gasteiger partial charge in [0.25, 0.3) is 0 Å². The maximum atomic E-state index is 4.25. The first kappa shape index (κ1) is 8.72. The summed E-state index contributed by atoms with van der Waals surface area (Å²) in [6.45, 7) is 4.23. The molecule has 0 amide bonds. The second kappa shape index (κ2) is 3.86. The van der Waals surface area contributed by atoms with Gasteiger partial charge in [0.1, 0.15) is 0 Å². The van der Waals surface area contributed by atoms with Gasteiger partial charge in [-0.05, 0) is 40.9 Å². The number of hydrogen-bond acceptors (Lipinski definition) is 1. The van der Waals surface area contributed by atoms with E-state index < -0.39 is 0 Å². The molecule has 1 heterocycles. The van der Waals surface area contributed by atoms with Crippen LogP contribution in [0.1, 0.15) is 24.6 Å². The SMILES string of the molecule is CCCc1cc(Br)cnc1C. The topological polar surface area (TPSA) is 12.9 Å². The van der Waals surface area contributed by atoms with Crippen LogP contribution in [0.2, 0.25) is 0 Å². The average Bonchev–Trinajstić information content (AvgIpc) is 1.98. The Hall–Kier alpha value is -0.370. The first-order chi connectivity index (χ1) is 5.24. The van der Waals surface area contributed by atoms with Crippen molar-refractivity contribution in [2.75, 3.05) is 0 Å². The largest absolute Gasteiger partial charge is 0.260 e. The lowest BCUT2D eigenvalue weighted by Gasteiger charge is -2.02. The van der Waals surface area contributed by atoms with Crippen molar-refractivity contribution in [3.05, 3.63) is 28.0 Å². The molecule has 0 aliphatic carbocycles. The zero-order chi connectivity index (χ0) is 8.27. The quantitative estimate of drug-likeness (QED) is 0.737. The third-order valence-electron chi connectivity index (χ3n) is 1.68. The van der Waals surface area contributed by atoms with Crippen molar-refractivity contribution in [3.8, 4) is 0 Å². The maximum Gasteiger partial charge on any atom is 0.0413 e. The molecule has 1 rings (SSSR count). The van der Waals surface area contributed by atoms with Crippen molar-refractivity contribution in [1.82, 2.24) is 4.98 Å². The summed E-state index contributed by atoms with van der Waals surface area (Å²) in [6, 6.07) is 2.14. The Balaban J connectivity index is 2.93. The van der Waals surface area contributed by atoms with Crippen LogP contribution in [0.5, 0.6) is 0 Å². The highest BCUT2D eigenvalue weighted by Crippen LogP contribution is 2.14. The number of aryl methyl sites for hydroxylation is 2. The summed E-state index contributed by atoms with van der Waals surface area (Å²) in [6.07, 6.45) is 4.14. The zero-order valence-electron chi connectivity index (χ0n) is 6.89. The van der Waals surface area contributed by atoms with Crippen molar-refractivity contribution >= 4 is 15.9 Å². The molecule has 0 radical (unpaired) electrons.